The van der Waals surface area contributed by atoms with Gasteiger partial charge in [0.1, 0.15) is 17.7 Å². The van der Waals surface area contributed by atoms with Gasteiger partial charge in [-0.1, -0.05) is 30.3 Å². The van der Waals surface area contributed by atoms with E-state index in [1.54, 1.807) is 30.8 Å². The standard InChI is InChI=1S/C16H17N3O2/c20-13(14-7-4-10-21-14)11-19-15(16-17-8-9-18-16)12-5-2-1-3-6-12/h1-10,13,15,19-20H,11H2,(H,17,18)/t13-,15-/m1/s1. The molecule has 0 fully saturated rings. The Hall–Kier alpha value is -2.37. The van der Waals surface area contributed by atoms with E-state index in [0.717, 1.165) is 11.4 Å². The predicted octanol–water partition coefficient (Wildman–Crippen LogP) is 2.42. The number of imidazole rings is 1. The maximum atomic E-state index is 10.1. The first-order valence-electron chi connectivity index (χ1n) is 6.83. The van der Waals surface area contributed by atoms with Crippen LogP contribution in [0.25, 0.3) is 0 Å². The van der Waals surface area contributed by atoms with Crippen LogP contribution in [0, 0.1) is 0 Å². The summed E-state index contributed by atoms with van der Waals surface area (Å²) in [6.07, 6.45) is 4.37. The molecule has 3 N–H and O–H groups in total. The van der Waals surface area contributed by atoms with Crippen LogP contribution in [0.4, 0.5) is 0 Å². The Morgan fingerprint density at radius 1 is 1.19 bits per heavy atom. The number of nitrogens with zero attached hydrogens (tertiary/aromatic N) is 1. The minimum Gasteiger partial charge on any atom is -0.467 e. The molecule has 3 rings (SSSR count). The largest absolute Gasteiger partial charge is 0.467 e. The molecule has 0 unspecified atom stereocenters. The van der Waals surface area contributed by atoms with Gasteiger partial charge in [0.05, 0.1) is 12.3 Å². The maximum Gasteiger partial charge on any atom is 0.133 e. The zero-order valence-electron chi connectivity index (χ0n) is 11.4. The van der Waals surface area contributed by atoms with Crippen LogP contribution in [0.3, 0.4) is 0 Å². The van der Waals surface area contributed by atoms with Crippen LogP contribution in [0.5, 0.6) is 0 Å². The van der Waals surface area contributed by atoms with Crippen LogP contribution in [-0.4, -0.2) is 21.6 Å². The quantitative estimate of drug-likeness (QED) is 0.649. The van der Waals surface area contributed by atoms with E-state index in [1.807, 2.05) is 30.3 Å². The van der Waals surface area contributed by atoms with Gasteiger partial charge in [0.25, 0.3) is 0 Å². The second kappa shape index (κ2) is 6.39. The molecule has 0 aliphatic rings. The average Bonchev–Trinajstić information content (AvgIpc) is 3.22. The van der Waals surface area contributed by atoms with Gasteiger partial charge in [0.2, 0.25) is 0 Å². The van der Waals surface area contributed by atoms with Crippen molar-refractivity contribution in [2.24, 2.45) is 0 Å². The van der Waals surface area contributed by atoms with Gasteiger partial charge in [-0.05, 0) is 17.7 Å². The highest BCUT2D eigenvalue weighted by molar-refractivity contribution is 5.24. The first-order valence-corrected chi connectivity index (χ1v) is 6.83. The minimum absolute atomic E-state index is 0.106. The topological polar surface area (TPSA) is 74.1 Å². The average molecular weight is 283 g/mol. The molecule has 0 saturated carbocycles. The molecule has 0 amide bonds. The molecule has 108 valence electrons. The lowest BCUT2D eigenvalue weighted by molar-refractivity contribution is 0.144. The molecule has 5 heteroatoms. The van der Waals surface area contributed by atoms with E-state index in [9.17, 15) is 5.11 Å². The molecule has 0 saturated heterocycles. The van der Waals surface area contributed by atoms with E-state index in [0.29, 0.717) is 12.3 Å². The fourth-order valence-electron chi connectivity index (χ4n) is 2.26. The summed E-state index contributed by atoms with van der Waals surface area (Å²) in [5, 5.41) is 13.4. The van der Waals surface area contributed by atoms with E-state index in [2.05, 4.69) is 15.3 Å². The summed E-state index contributed by atoms with van der Waals surface area (Å²) in [4.78, 5) is 7.43. The Bertz CT molecular complexity index is 635. The van der Waals surface area contributed by atoms with Crippen LogP contribution >= 0.6 is 0 Å². The van der Waals surface area contributed by atoms with E-state index < -0.39 is 6.10 Å². The number of H-pyrrole nitrogens is 1. The predicted molar refractivity (Wildman–Crippen MR) is 78.5 cm³/mol. The zero-order valence-corrected chi connectivity index (χ0v) is 11.4. The number of aliphatic hydroxyl groups is 1. The Morgan fingerprint density at radius 2 is 2.05 bits per heavy atom. The number of benzene rings is 1. The summed E-state index contributed by atoms with van der Waals surface area (Å²) < 4.78 is 5.21. The molecule has 5 nitrogen and oxygen atoms in total. The van der Waals surface area contributed by atoms with Crippen molar-refractivity contribution in [3.05, 3.63) is 78.3 Å². The fraction of sp³-hybridized carbons (Fsp3) is 0.188. The van der Waals surface area contributed by atoms with Crippen LogP contribution in [0.2, 0.25) is 0 Å². The van der Waals surface area contributed by atoms with Crippen molar-refractivity contribution in [2.45, 2.75) is 12.1 Å². The van der Waals surface area contributed by atoms with E-state index in [-0.39, 0.29) is 6.04 Å². The van der Waals surface area contributed by atoms with E-state index in [4.69, 9.17) is 4.42 Å². The second-order valence-corrected chi connectivity index (χ2v) is 4.76. The molecule has 0 aliphatic carbocycles. The van der Waals surface area contributed by atoms with E-state index >= 15 is 0 Å². The van der Waals surface area contributed by atoms with Crippen molar-refractivity contribution in [3.63, 3.8) is 0 Å². The molecule has 0 aliphatic heterocycles. The number of hydrogen-bond acceptors (Lipinski definition) is 4. The first kappa shape index (κ1) is 13.6. The lowest BCUT2D eigenvalue weighted by atomic mass is 10.1. The number of aliphatic hydroxyl groups excluding tert-OH is 1. The van der Waals surface area contributed by atoms with Gasteiger partial charge in [0, 0.05) is 18.9 Å². The molecule has 3 aromatic rings. The summed E-state index contributed by atoms with van der Waals surface area (Å²) in [5.41, 5.74) is 1.08. The number of hydrogen-bond donors (Lipinski definition) is 3. The van der Waals surface area contributed by atoms with E-state index in [1.165, 1.54) is 0 Å². The third-order valence-corrected chi connectivity index (χ3v) is 3.31. The fourth-order valence-corrected chi connectivity index (χ4v) is 2.26. The molecule has 21 heavy (non-hydrogen) atoms. The number of nitrogens with one attached hydrogen (secondary N) is 2. The van der Waals surface area contributed by atoms with Crippen molar-refractivity contribution in [1.29, 1.82) is 0 Å². The van der Waals surface area contributed by atoms with Crippen molar-refractivity contribution >= 4 is 0 Å². The molecule has 0 radical (unpaired) electrons. The molecular weight excluding hydrogens is 266 g/mol. The third kappa shape index (κ3) is 3.21. The van der Waals surface area contributed by atoms with Crippen molar-refractivity contribution < 1.29 is 9.52 Å². The Balaban J connectivity index is 1.74. The minimum atomic E-state index is -0.693. The lowest BCUT2D eigenvalue weighted by Gasteiger charge is -2.19. The molecule has 2 aromatic heterocycles. The van der Waals surface area contributed by atoms with Crippen LogP contribution in [-0.2, 0) is 0 Å². The number of aromatic amines is 1. The Kier molecular flexibility index (Phi) is 4.14. The Morgan fingerprint density at radius 3 is 2.71 bits per heavy atom. The van der Waals surface area contributed by atoms with Crippen molar-refractivity contribution in [1.82, 2.24) is 15.3 Å². The Labute approximate surface area is 122 Å². The SMILES string of the molecule is O[C@H](CN[C@H](c1ccccc1)c1ncc[nH]1)c1ccco1. The van der Waals surface area contributed by atoms with Gasteiger partial charge in [0.15, 0.2) is 0 Å². The molecule has 1 aromatic carbocycles. The van der Waals surface area contributed by atoms with Crippen LogP contribution in [0.1, 0.15) is 29.3 Å². The number of rotatable bonds is 6. The lowest BCUT2D eigenvalue weighted by Crippen LogP contribution is -2.28. The summed E-state index contributed by atoms with van der Waals surface area (Å²) >= 11 is 0. The van der Waals surface area contributed by atoms with Crippen molar-refractivity contribution in [2.75, 3.05) is 6.54 Å². The highest BCUT2D eigenvalue weighted by atomic mass is 16.4. The molecule has 0 spiro atoms. The normalized spacial score (nSPS) is 14.0. The molecular formula is C16H17N3O2. The summed E-state index contributed by atoms with van der Waals surface area (Å²) in [6.45, 7) is 0.369. The maximum absolute atomic E-state index is 10.1. The van der Waals surface area contributed by atoms with Gasteiger partial charge < -0.3 is 19.8 Å². The van der Waals surface area contributed by atoms with Crippen LogP contribution < -0.4 is 5.32 Å². The summed E-state index contributed by atoms with van der Waals surface area (Å²) in [7, 11) is 0. The molecule has 0 bridgehead atoms. The smallest absolute Gasteiger partial charge is 0.133 e. The monoisotopic (exact) mass is 283 g/mol. The van der Waals surface area contributed by atoms with Gasteiger partial charge in [-0.3, -0.25) is 0 Å². The molecule has 2 heterocycles. The van der Waals surface area contributed by atoms with Gasteiger partial charge in [-0.15, -0.1) is 0 Å². The highest BCUT2D eigenvalue weighted by Crippen LogP contribution is 2.20. The third-order valence-electron chi connectivity index (χ3n) is 3.31. The number of aromatic nitrogens is 2. The highest BCUT2D eigenvalue weighted by Gasteiger charge is 2.18. The van der Waals surface area contributed by atoms with Crippen molar-refractivity contribution in [3.8, 4) is 0 Å². The van der Waals surface area contributed by atoms with Gasteiger partial charge in [-0.2, -0.15) is 0 Å². The van der Waals surface area contributed by atoms with Crippen LogP contribution in [0.15, 0.2) is 65.5 Å². The first-order chi connectivity index (χ1) is 10.3. The van der Waals surface area contributed by atoms with Gasteiger partial charge in [-0.25, -0.2) is 4.98 Å². The molecule has 2 atom stereocenters. The second-order valence-electron chi connectivity index (χ2n) is 4.76. The number of furan rings is 1. The summed E-state index contributed by atoms with van der Waals surface area (Å²) in [5.74, 6) is 1.36. The zero-order chi connectivity index (χ0) is 14.5. The van der Waals surface area contributed by atoms with Gasteiger partial charge >= 0.3 is 0 Å². The summed E-state index contributed by atoms with van der Waals surface area (Å²) in [6, 6.07) is 13.4.